The Labute approximate surface area is 137 Å². The first-order valence-corrected chi connectivity index (χ1v) is 8.74. The number of carbonyl (C=O) groups is 1. The highest BCUT2D eigenvalue weighted by atomic mass is 16.1. The Balaban J connectivity index is 1.51. The van der Waals surface area contributed by atoms with E-state index in [1.165, 1.54) is 30.2 Å². The minimum atomic E-state index is 0.0448. The van der Waals surface area contributed by atoms with Crippen molar-refractivity contribution in [3.63, 3.8) is 0 Å². The zero-order chi connectivity index (χ0) is 16.1. The van der Waals surface area contributed by atoms with E-state index >= 15 is 0 Å². The third kappa shape index (κ3) is 3.75. The molecule has 1 aliphatic carbocycles. The van der Waals surface area contributed by atoms with Crippen LogP contribution >= 0.6 is 0 Å². The molecular weight excluding hydrogens is 286 g/mol. The number of nitrogens with one attached hydrogen (secondary N) is 2. The summed E-state index contributed by atoms with van der Waals surface area (Å²) in [6.45, 7) is 1.31. The topological polar surface area (TPSA) is 70.9 Å². The fourth-order valence-corrected chi connectivity index (χ4v) is 3.83. The highest BCUT2D eigenvalue weighted by Gasteiger charge is 2.32. The summed E-state index contributed by atoms with van der Waals surface area (Å²) in [4.78, 5) is 15.6. The second-order valence-corrected chi connectivity index (χ2v) is 6.90. The lowest BCUT2D eigenvalue weighted by atomic mass is 9.71. The standard InChI is InChI=1S/C19H27N3O/c20-14-19(9-4-1-5-10-19)12-18(23)21-11-8-15-13-22-17-7-3-2-6-16(15)17/h2-3,6-7,13,22H,1,4-5,8-12,14,20H2,(H,21,23). The van der Waals surface area contributed by atoms with Crippen LogP contribution in [0.5, 0.6) is 0 Å². The maximum Gasteiger partial charge on any atom is 0.220 e. The van der Waals surface area contributed by atoms with Crippen LogP contribution in [-0.4, -0.2) is 24.0 Å². The fraction of sp³-hybridized carbons (Fsp3) is 0.526. The van der Waals surface area contributed by atoms with Gasteiger partial charge in [0.1, 0.15) is 0 Å². The van der Waals surface area contributed by atoms with Crippen molar-refractivity contribution in [1.29, 1.82) is 0 Å². The van der Waals surface area contributed by atoms with E-state index in [9.17, 15) is 4.79 Å². The highest BCUT2D eigenvalue weighted by Crippen LogP contribution is 2.38. The normalized spacial score (nSPS) is 17.3. The molecule has 0 aliphatic heterocycles. The molecule has 2 aromatic rings. The van der Waals surface area contributed by atoms with E-state index in [0.29, 0.717) is 19.5 Å². The summed E-state index contributed by atoms with van der Waals surface area (Å²) in [7, 11) is 0. The van der Waals surface area contributed by atoms with Gasteiger partial charge in [0.25, 0.3) is 0 Å². The van der Waals surface area contributed by atoms with Crippen LogP contribution in [0.4, 0.5) is 0 Å². The summed E-state index contributed by atoms with van der Waals surface area (Å²) < 4.78 is 0. The number of nitrogens with two attached hydrogens (primary N) is 1. The highest BCUT2D eigenvalue weighted by molar-refractivity contribution is 5.83. The molecule has 0 radical (unpaired) electrons. The van der Waals surface area contributed by atoms with Gasteiger partial charge < -0.3 is 16.0 Å². The fourth-order valence-electron chi connectivity index (χ4n) is 3.83. The molecule has 4 heteroatoms. The lowest BCUT2D eigenvalue weighted by Crippen LogP contribution is -2.39. The Hall–Kier alpha value is -1.81. The minimum Gasteiger partial charge on any atom is -0.361 e. The van der Waals surface area contributed by atoms with E-state index in [1.54, 1.807) is 0 Å². The average Bonchev–Trinajstić information content (AvgIpc) is 2.99. The van der Waals surface area contributed by atoms with E-state index in [-0.39, 0.29) is 11.3 Å². The van der Waals surface area contributed by atoms with Crippen molar-refractivity contribution >= 4 is 16.8 Å². The number of amides is 1. The van der Waals surface area contributed by atoms with E-state index in [1.807, 2.05) is 18.3 Å². The predicted molar refractivity (Wildman–Crippen MR) is 94.2 cm³/mol. The summed E-state index contributed by atoms with van der Waals surface area (Å²) >= 11 is 0. The Bertz CT molecular complexity index is 655. The number of rotatable bonds is 6. The molecule has 1 aromatic carbocycles. The van der Waals surface area contributed by atoms with Crippen molar-refractivity contribution in [1.82, 2.24) is 10.3 Å². The lowest BCUT2D eigenvalue weighted by Gasteiger charge is -2.35. The van der Waals surface area contributed by atoms with Crippen molar-refractivity contribution in [3.05, 3.63) is 36.0 Å². The summed E-state index contributed by atoms with van der Waals surface area (Å²) in [6.07, 6.45) is 9.37. The first kappa shape index (κ1) is 16.1. The molecule has 0 bridgehead atoms. The molecule has 0 spiro atoms. The number of aromatic nitrogens is 1. The molecule has 23 heavy (non-hydrogen) atoms. The third-order valence-corrected chi connectivity index (χ3v) is 5.27. The minimum absolute atomic E-state index is 0.0448. The van der Waals surface area contributed by atoms with Crippen LogP contribution in [0.15, 0.2) is 30.5 Å². The van der Waals surface area contributed by atoms with Crippen LogP contribution in [0.1, 0.15) is 44.1 Å². The van der Waals surface area contributed by atoms with Gasteiger partial charge in [-0.25, -0.2) is 0 Å². The first-order valence-electron chi connectivity index (χ1n) is 8.74. The quantitative estimate of drug-likeness (QED) is 0.767. The summed E-state index contributed by atoms with van der Waals surface area (Å²) in [5.74, 6) is 0.150. The maximum atomic E-state index is 12.3. The van der Waals surface area contributed by atoms with Gasteiger partial charge in [0.05, 0.1) is 0 Å². The first-order chi connectivity index (χ1) is 11.2. The molecule has 1 amide bonds. The van der Waals surface area contributed by atoms with Gasteiger partial charge in [0.2, 0.25) is 5.91 Å². The average molecular weight is 313 g/mol. The second kappa shape index (κ2) is 7.18. The largest absolute Gasteiger partial charge is 0.361 e. The van der Waals surface area contributed by atoms with Gasteiger partial charge in [-0.05, 0) is 42.9 Å². The number of para-hydroxylation sites is 1. The van der Waals surface area contributed by atoms with Crippen LogP contribution in [0.25, 0.3) is 10.9 Å². The van der Waals surface area contributed by atoms with Crippen LogP contribution < -0.4 is 11.1 Å². The number of benzene rings is 1. The zero-order valence-corrected chi connectivity index (χ0v) is 13.7. The Morgan fingerprint density at radius 2 is 2.00 bits per heavy atom. The molecule has 1 saturated carbocycles. The van der Waals surface area contributed by atoms with E-state index in [2.05, 4.69) is 22.4 Å². The zero-order valence-electron chi connectivity index (χ0n) is 13.7. The van der Waals surface area contributed by atoms with Crippen molar-refractivity contribution in [2.24, 2.45) is 11.1 Å². The van der Waals surface area contributed by atoms with E-state index in [0.717, 1.165) is 24.8 Å². The van der Waals surface area contributed by atoms with Gasteiger partial charge in [-0.15, -0.1) is 0 Å². The van der Waals surface area contributed by atoms with Crippen molar-refractivity contribution in [3.8, 4) is 0 Å². The van der Waals surface area contributed by atoms with Crippen molar-refractivity contribution in [2.45, 2.75) is 44.9 Å². The van der Waals surface area contributed by atoms with Crippen molar-refractivity contribution < 1.29 is 4.79 Å². The van der Waals surface area contributed by atoms with E-state index in [4.69, 9.17) is 5.73 Å². The van der Waals surface area contributed by atoms with Crippen LogP contribution in [0.3, 0.4) is 0 Å². The molecule has 1 heterocycles. The summed E-state index contributed by atoms with van der Waals surface area (Å²) in [5.41, 5.74) is 8.42. The molecule has 4 N–H and O–H groups in total. The van der Waals surface area contributed by atoms with Gasteiger partial charge >= 0.3 is 0 Å². The molecule has 0 saturated heterocycles. The number of fused-ring (bicyclic) bond motifs is 1. The molecule has 1 fully saturated rings. The van der Waals surface area contributed by atoms with Crippen molar-refractivity contribution in [2.75, 3.05) is 13.1 Å². The van der Waals surface area contributed by atoms with Crippen LogP contribution in [0, 0.1) is 5.41 Å². The monoisotopic (exact) mass is 313 g/mol. The molecular formula is C19H27N3O. The molecule has 0 unspecified atom stereocenters. The van der Waals surface area contributed by atoms with Crippen LogP contribution in [-0.2, 0) is 11.2 Å². The molecule has 124 valence electrons. The Morgan fingerprint density at radius 1 is 1.22 bits per heavy atom. The third-order valence-electron chi connectivity index (χ3n) is 5.27. The number of H-pyrrole nitrogens is 1. The smallest absolute Gasteiger partial charge is 0.220 e. The molecule has 1 aliphatic rings. The number of aromatic amines is 1. The van der Waals surface area contributed by atoms with E-state index < -0.39 is 0 Å². The summed E-state index contributed by atoms with van der Waals surface area (Å²) in [6, 6.07) is 8.27. The number of hydrogen-bond acceptors (Lipinski definition) is 2. The second-order valence-electron chi connectivity index (χ2n) is 6.90. The lowest BCUT2D eigenvalue weighted by molar-refractivity contribution is -0.123. The summed E-state index contributed by atoms with van der Waals surface area (Å²) in [5, 5.41) is 4.33. The van der Waals surface area contributed by atoms with Gasteiger partial charge in [-0.3, -0.25) is 4.79 Å². The predicted octanol–water partition coefficient (Wildman–Crippen LogP) is 3.13. The van der Waals surface area contributed by atoms with Gasteiger partial charge in [0, 0.05) is 30.1 Å². The number of hydrogen-bond donors (Lipinski definition) is 3. The van der Waals surface area contributed by atoms with Gasteiger partial charge in [0.15, 0.2) is 0 Å². The van der Waals surface area contributed by atoms with Gasteiger partial charge in [-0.1, -0.05) is 37.5 Å². The maximum absolute atomic E-state index is 12.3. The molecule has 0 atom stereocenters. The molecule has 3 rings (SSSR count). The van der Waals surface area contributed by atoms with Crippen LogP contribution in [0.2, 0.25) is 0 Å². The molecule has 1 aromatic heterocycles. The van der Waals surface area contributed by atoms with Gasteiger partial charge in [-0.2, -0.15) is 0 Å². The SMILES string of the molecule is NCC1(CC(=O)NCCc2c[nH]c3ccccc23)CCCCC1. The molecule has 4 nitrogen and oxygen atoms in total. The Kier molecular flexibility index (Phi) is 5.01. The number of carbonyl (C=O) groups excluding carboxylic acids is 1. The Morgan fingerprint density at radius 3 is 2.78 bits per heavy atom.